The minimum absolute atomic E-state index is 0.0199. The van der Waals surface area contributed by atoms with Crippen LogP contribution in [0.25, 0.3) is 5.57 Å². The molecule has 6 nitrogen and oxygen atoms in total. The SMILES string of the molecule is CC1(C)Cc2nc(C3CCOCC3)c(C(=O)O)c(C3=CCOCC3)c2C(O[Si](C)(C)C(C)(C)C)C1. The van der Waals surface area contributed by atoms with Crippen molar-refractivity contribution in [2.24, 2.45) is 5.41 Å². The van der Waals surface area contributed by atoms with E-state index in [0.717, 1.165) is 53.8 Å². The molecule has 1 aromatic heterocycles. The number of carboxylic acid groups (broad SMARTS) is 1. The van der Waals surface area contributed by atoms with Crippen LogP contribution in [-0.2, 0) is 20.3 Å². The first-order valence-electron chi connectivity index (χ1n) is 13.1. The molecular weight excluding hydrogens is 458 g/mol. The van der Waals surface area contributed by atoms with Crippen molar-refractivity contribution in [3.8, 4) is 0 Å². The van der Waals surface area contributed by atoms with E-state index >= 15 is 0 Å². The first-order valence-corrected chi connectivity index (χ1v) is 16.0. The molecule has 0 bridgehead atoms. The van der Waals surface area contributed by atoms with Gasteiger partial charge in [0, 0.05) is 36.0 Å². The Bertz CT molecular complexity index is 1000. The molecule has 1 aromatic rings. The molecule has 1 aliphatic carbocycles. The van der Waals surface area contributed by atoms with Crippen LogP contribution in [0.5, 0.6) is 0 Å². The van der Waals surface area contributed by atoms with Gasteiger partial charge in [-0.15, -0.1) is 0 Å². The number of aromatic carboxylic acids is 1. The van der Waals surface area contributed by atoms with Crippen LogP contribution >= 0.6 is 0 Å². The van der Waals surface area contributed by atoms with E-state index in [9.17, 15) is 9.90 Å². The van der Waals surface area contributed by atoms with Crippen LogP contribution in [0.2, 0.25) is 18.1 Å². The van der Waals surface area contributed by atoms with Crippen LogP contribution in [0, 0.1) is 5.41 Å². The van der Waals surface area contributed by atoms with Gasteiger partial charge in [-0.25, -0.2) is 4.79 Å². The number of carbonyl (C=O) groups is 1. The molecule has 1 unspecified atom stereocenters. The number of rotatable bonds is 5. The Labute approximate surface area is 211 Å². The Morgan fingerprint density at radius 2 is 1.86 bits per heavy atom. The predicted molar refractivity (Wildman–Crippen MR) is 141 cm³/mol. The van der Waals surface area contributed by atoms with Crippen LogP contribution in [0.15, 0.2) is 6.08 Å². The van der Waals surface area contributed by atoms with E-state index in [1.165, 1.54) is 0 Å². The summed E-state index contributed by atoms with van der Waals surface area (Å²) < 4.78 is 18.3. The van der Waals surface area contributed by atoms with Crippen molar-refractivity contribution in [3.63, 3.8) is 0 Å². The molecule has 3 heterocycles. The lowest BCUT2D eigenvalue weighted by atomic mass is 9.71. The summed E-state index contributed by atoms with van der Waals surface area (Å²) in [6.07, 6.45) is 5.92. The number of aromatic nitrogens is 1. The van der Waals surface area contributed by atoms with E-state index in [0.29, 0.717) is 38.4 Å². The lowest BCUT2D eigenvalue weighted by Crippen LogP contribution is -2.44. The molecule has 4 rings (SSSR count). The van der Waals surface area contributed by atoms with Crippen molar-refractivity contribution >= 4 is 19.9 Å². The largest absolute Gasteiger partial charge is 0.478 e. The lowest BCUT2D eigenvalue weighted by molar-refractivity contribution is 0.0679. The second-order valence-corrected chi connectivity index (χ2v) is 17.5. The Morgan fingerprint density at radius 3 is 2.43 bits per heavy atom. The van der Waals surface area contributed by atoms with Crippen molar-refractivity contribution in [2.75, 3.05) is 26.4 Å². The van der Waals surface area contributed by atoms with Gasteiger partial charge in [0.05, 0.1) is 30.6 Å². The maximum Gasteiger partial charge on any atom is 0.338 e. The van der Waals surface area contributed by atoms with Gasteiger partial charge in [-0.05, 0) is 61.2 Å². The maximum atomic E-state index is 12.9. The molecule has 0 radical (unpaired) electrons. The fourth-order valence-electron chi connectivity index (χ4n) is 5.48. The molecular formula is C28H43NO5Si. The van der Waals surface area contributed by atoms with Crippen molar-refractivity contribution in [1.29, 1.82) is 0 Å². The van der Waals surface area contributed by atoms with Crippen LogP contribution in [0.3, 0.4) is 0 Å². The zero-order valence-electron chi connectivity index (χ0n) is 22.6. The Morgan fingerprint density at radius 1 is 1.17 bits per heavy atom. The molecule has 35 heavy (non-hydrogen) atoms. The molecule has 7 heteroatoms. The summed E-state index contributed by atoms with van der Waals surface area (Å²) in [5.41, 5.74) is 5.13. The second kappa shape index (κ2) is 9.73. The minimum atomic E-state index is -2.12. The molecule has 0 amide bonds. The summed E-state index contributed by atoms with van der Waals surface area (Å²) in [4.78, 5) is 18.1. The molecule has 1 N–H and O–H groups in total. The number of carboxylic acids is 1. The van der Waals surface area contributed by atoms with E-state index in [1.54, 1.807) is 0 Å². The normalized spacial score (nSPS) is 23.5. The van der Waals surface area contributed by atoms with Crippen molar-refractivity contribution in [1.82, 2.24) is 4.98 Å². The van der Waals surface area contributed by atoms with Gasteiger partial charge in [0.1, 0.15) is 0 Å². The van der Waals surface area contributed by atoms with Crippen LogP contribution < -0.4 is 0 Å². The van der Waals surface area contributed by atoms with Crippen molar-refractivity contribution < 1.29 is 23.8 Å². The van der Waals surface area contributed by atoms with Gasteiger partial charge in [-0.3, -0.25) is 4.98 Å². The number of hydrogen-bond donors (Lipinski definition) is 1. The summed E-state index contributed by atoms with van der Waals surface area (Å²) in [7, 11) is -2.12. The zero-order valence-corrected chi connectivity index (χ0v) is 23.6. The molecule has 2 aliphatic heterocycles. The van der Waals surface area contributed by atoms with Crippen LogP contribution in [0.1, 0.15) is 105 Å². The molecule has 0 aromatic carbocycles. The highest BCUT2D eigenvalue weighted by molar-refractivity contribution is 6.74. The van der Waals surface area contributed by atoms with Gasteiger partial charge < -0.3 is 19.0 Å². The van der Waals surface area contributed by atoms with E-state index in [4.69, 9.17) is 18.9 Å². The maximum absolute atomic E-state index is 12.9. The molecule has 0 spiro atoms. The van der Waals surface area contributed by atoms with Gasteiger partial charge >= 0.3 is 5.97 Å². The van der Waals surface area contributed by atoms with Gasteiger partial charge in [-0.1, -0.05) is 40.7 Å². The number of pyridine rings is 1. The fraction of sp³-hybridized carbons (Fsp3) is 0.714. The highest BCUT2D eigenvalue weighted by Crippen LogP contribution is 2.50. The van der Waals surface area contributed by atoms with Gasteiger partial charge in [0.15, 0.2) is 8.32 Å². The highest BCUT2D eigenvalue weighted by atomic mass is 28.4. The van der Waals surface area contributed by atoms with Crippen LogP contribution in [0.4, 0.5) is 0 Å². The summed E-state index contributed by atoms with van der Waals surface area (Å²) in [6.45, 7) is 18.3. The summed E-state index contributed by atoms with van der Waals surface area (Å²) in [6, 6.07) is 0. The average Bonchev–Trinajstić information content (AvgIpc) is 2.77. The third kappa shape index (κ3) is 5.43. The first-order chi connectivity index (χ1) is 16.3. The van der Waals surface area contributed by atoms with Gasteiger partial charge in [-0.2, -0.15) is 0 Å². The van der Waals surface area contributed by atoms with Gasteiger partial charge in [0.25, 0.3) is 0 Å². The number of hydrogen-bond acceptors (Lipinski definition) is 5. The molecule has 1 fully saturated rings. The topological polar surface area (TPSA) is 77.9 Å². The summed E-state index contributed by atoms with van der Waals surface area (Å²) in [5, 5.41) is 10.7. The second-order valence-electron chi connectivity index (χ2n) is 12.8. The van der Waals surface area contributed by atoms with Crippen LogP contribution in [-0.4, -0.2) is 50.8 Å². The van der Waals surface area contributed by atoms with E-state index in [-0.39, 0.29) is 22.5 Å². The summed E-state index contributed by atoms with van der Waals surface area (Å²) >= 11 is 0. The number of nitrogens with zero attached hydrogens (tertiary/aromatic N) is 1. The first kappa shape index (κ1) is 26.5. The molecule has 194 valence electrons. The van der Waals surface area contributed by atoms with Crippen molar-refractivity contribution in [3.05, 3.63) is 34.2 Å². The van der Waals surface area contributed by atoms with E-state index in [1.807, 2.05) is 0 Å². The highest BCUT2D eigenvalue weighted by Gasteiger charge is 2.45. The average molecular weight is 502 g/mol. The molecule has 1 atom stereocenters. The number of fused-ring (bicyclic) bond motifs is 1. The molecule has 1 saturated heterocycles. The fourth-order valence-corrected chi connectivity index (χ4v) is 6.75. The molecule has 3 aliphatic rings. The predicted octanol–water partition coefficient (Wildman–Crippen LogP) is 6.51. The molecule has 0 saturated carbocycles. The third-order valence-electron chi connectivity index (χ3n) is 8.40. The third-order valence-corrected chi connectivity index (χ3v) is 12.9. The Balaban J connectivity index is 1.98. The smallest absolute Gasteiger partial charge is 0.338 e. The Kier molecular flexibility index (Phi) is 7.37. The number of ether oxygens (including phenoxy) is 2. The minimum Gasteiger partial charge on any atom is -0.478 e. The summed E-state index contributed by atoms with van der Waals surface area (Å²) in [5.74, 6) is -0.788. The van der Waals surface area contributed by atoms with Gasteiger partial charge in [0.2, 0.25) is 0 Å². The lowest BCUT2D eigenvalue weighted by Gasteiger charge is -2.45. The van der Waals surface area contributed by atoms with E-state index in [2.05, 4.69) is 53.8 Å². The van der Waals surface area contributed by atoms with Crippen molar-refractivity contribution in [2.45, 2.75) is 96.9 Å². The zero-order chi connectivity index (χ0) is 25.6. The Hall–Kier alpha value is -1.54. The monoisotopic (exact) mass is 501 g/mol. The van der Waals surface area contributed by atoms with E-state index < -0.39 is 14.3 Å². The quantitative estimate of drug-likeness (QED) is 0.463. The standard InChI is InChI=1S/C28H43NO5Si/c1-27(2,3)35(6,7)34-21-17-28(4,5)16-20-23(21)22(18-8-12-32-13-9-18)24(26(30)31)25(29-20)19-10-14-33-15-11-19/h8,19,21H,9-17H2,1-7H3,(H,30,31).